The summed E-state index contributed by atoms with van der Waals surface area (Å²) < 4.78 is 45.3. The topological polar surface area (TPSA) is 42.3 Å². The monoisotopic (exact) mass is 548 g/mol. The van der Waals surface area contributed by atoms with Gasteiger partial charge in [0.05, 0.1) is 11.4 Å². The summed E-state index contributed by atoms with van der Waals surface area (Å²) in [7, 11) is -3.57. The van der Waals surface area contributed by atoms with E-state index in [0.717, 1.165) is 47.0 Å². The van der Waals surface area contributed by atoms with Crippen LogP contribution in [-0.2, 0) is 29.4 Å². The van der Waals surface area contributed by atoms with Crippen LogP contribution in [0.1, 0.15) is 47.2 Å². The first-order chi connectivity index (χ1) is 18.3. The molecule has 3 aromatic carbocycles. The molecule has 0 radical (unpaired) electrons. The summed E-state index contributed by atoms with van der Waals surface area (Å²) in [5.41, 5.74) is 7.15. The van der Waals surface area contributed by atoms with Gasteiger partial charge in [-0.1, -0.05) is 48.0 Å². The smallest absolute Gasteiger partial charge is 0.243 e. The van der Waals surface area contributed by atoms with Crippen molar-refractivity contribution in [2.45, 2.75) is 50.5 Å². The average Bonchev–Trinajstić information content (AvgIpc) is 3.21. The van der Waals surface area contributed by atoms with E-state index in [4.69, 9.17) is 11.6 Å². The van der Waals surface area contributed by atoms with Gasteiger partial charge in [-0.05, 0) is 86.1 Å². The number of aryl methyl sites for hydroxylation is 2. The van der Waals surface area contributed by atoms with Crippen molar-refractivity contribution in [1.82, 2.24) is 8.87 Å². The van der Waals surface area contributed by atoms with Crippen molar-refractivity contribution in [3.8, 4) is 0 Å². The molecule has 0 N–H and O–H groups in total. The molecule has 0 bridgehead atoms. The van der Waals surface area contributed by atoms with E-state index in [0.29, 0.717) is 41.5 Å². The van der Waals surface area contributed by atoms with E-state index in [1.54, 1.807) is 22.5 Å². The molecule has 1 aliphatic heterocycles. The lowest BCUT2D eigenvalue weighted by Gasteiger charge is -2.27. The summed E-state index contributed by atoms with van der Waals surface area (Å²) in [5, 5.41) is 1.48. The van der Waals surface area contributed by atoms with Crippen molar-refractivity contribution in [3.63, 3.8) is 0 Å². The summed E-state index contributed by atoms with van der Waals surface area (Å²) in [6.45, 7) is 3.11. The van der Waals surface area contributed by atoms with Crippen LogP contribution in [0, 0.1) is 12.7 Å². The number of fused-ring (bicyclic) bond motifs is 2. The molecule has 1 aromatic heterocycles. The number of rotatable bonds is 5. The molecule has 0 spiro atoms. The van der Waals surface area contributed by atoms with Crippen LogP contribution in [0.3, 0.4) is 0 Å². The molecule has 2 aliphatic rings. The van der Waals surface area contributed by atoms with Crippen molar-refractivity contribution in [2.75, 3.05) is 13.1 Å². The first kappa shape index (κ1) is 25.4. The predicted octanol–water partition coefficient (Wildman–Crippen LogP) is 7.15. The number of nitrogens with zero attached hydrogens (tertiary/aromatic N) is 2. The maximum atomic E-state index is 14.6. The second-order valence-corrected chi connectivity index (χ2v) is 12.6. The molecule has 7 heteroatoms. The lowest BCUT2D eigenvalue weighted by molar-refractivity contribution is 0.441. The minimum atomic E-state index is -3.57. The fourth-order valence-electron chi connectivity index (χ4n) is 6.00. The Morgan fingerprint density at radius 3 is 2.50 bits per heavy atom. The van der Waals surface area contributed by atoms with E-state index in [1.807, 2.05) is 43.3 Å². The Kier molecular flexibility index (Phi) is 6.67. The standard InChI is InChI=1S/C31H30ClFN2O2S/c1-21-31(26-9-4-5-12-30(26)35(21)20-27-28(32)10-6-11-29(27)33)23-15-17-34(18-16-23)38(36,37)25-14-13-22-7-2-3-8-24(22)19-25/h4-6,9-15,19H,2-3,7-8,16-18,20H2,1H3. The molecular formula is C31H30ClFN2O2S. The van der Waals surface area contributed by atoms with Gasteiger partial charge in [-0.25, -0.2) is 12.8 Å². The highest BCUT2D eigenvalue weighted by molar-refractivity contribution is 7.89. The fraction of sp³-hybridized carbons (Fsp3) is 0.290. The fourth-order valence-corrected chi connectivity index (χ4v) is 7.65. The van der Waals surface area contributed by atoms with Crippen LogP contribution in [0.5, 0.6) is 0 Å². The first-order valence-corrected chi connectivity index (χ1v) is 15.0. The highest BCUT2D eigenvalue weighted by Crippen LogP contribution is 2.37. The maximum Gasteiger partial charge on any atom is 0.243 e. The van der Waals surface area contributed by atoms with Gasteiger partial charge in [-0.2, -0.15) is 4.31 Å². The predicted molar refractivity (Wildman–Crippen MR) is 152 cm³/mol. The molecule has 0 saturated carbocycles. The Balaban J connectivity index is 1.33. The van der Waals surface area contributed by atoms with E-state index in [2.05, 4.69) is 10.6 Å². The third-order valence-corrected chi connectivity index (χ3v) is 10.3. The van der Waals surface area contributed by atoms with Crippen LogP contribution >= 0.6 is 11.6 Å². The number of halogens is 2. The van der Waals surface area contributed by atoms with Crippen LogP contribution < -0.4 is 0 Å². The zero-order valence-electron chi connectivity index (χ0n) is 21.4. The number of benzene rings is 3. The summed E-state index contributed by atoms with van der Waals surface area (Å²) >= 11 is 6.36. The number of para-hydroxylation sites is 1. The zero-order chi connectivity index (χ0) is 26.4. The van der Waals surface area contributed by atoms with E-state index in [1.165, 1.54) is 23.6 Å². The maximum absolute atomic E-state index is 14.6. The number of hydrogen-bond donors (Lipinski definition) is 0. The quantitative estimate of drug-likeness (QED) is 0.266. The second kappa shape index (κ2) is 9.99. The number of sulfonamides is 1. The molecule has 0 unspecified atom stereocenters. The first-order valence-electron chi connectivity index (χ1n) is 13.2. The second-order valence-electron chi connectivity index (χ2n) is 10.2. The SMILES string of the molecule is Cc1c(C2=CCN(S(=O)(=O)c3ccc4c(c3)CCCC4)CC2)c2ccccc2n1Cc1c(F)cccc1Cl. The number of hydrogen-bond acceptors (Lipinski definition) is 2. The largest absolute Gasteiger partial charge is 0.340 e. The van der Waals surface area contributed by atoms with Crippen molar-refractivity contribution in [2.24, 2.45) is 0 Å². The molecule has 2 heterocycles. The van der Waals surface area contributed by atoms with Gasteiger partial charge in [0.25, 0.3) is 0 Å². The van der Waals surface area contributed by atoms with Crippen molar-refractivity contribution in [3.05, 3.63) is 106 Å². The van der Waals surface area contributed by atoms with Crippen molar-refractivity contribution >= 4 is 38.1 Å². The van der Waals surface area contributed by atoms with E-state index in [9.17, 15) is 12.8 Å². The molecule has 1 aliphatic carbocycles. The van der Waals surface area contributed by atoms with Gasteiger partial charge < -0.3 is 4.57 Å². The van der Waals surface area contributed by atoms with Crippen LogP contribution in [-0.4, -0.2) is 30.4 Å². The van der Waals surface area contributed by atoms with Crippen molar-refractivity contribution in [1.29, 1.82) is 0 Å². The Bertz CT molecular complexity index is 1670. The van der Waals surface area contributed by atoms with Gasteiger partial charge in [0, 0.05) is 45.8 Å². The Morgan fingerprint density at radius 1 is 0.947 bits per heavy atom. The number of aromatic nitrogens is 1. The summed E-state index contributed by atoms with van der Waals surface area (Å²) in [5.74, 6) is -0.323. The lowest BCUT2D eigenvalue weighted by Crippen LogP contribution is -2.34. The van der Waals surface area contributed by atoms with Gasteiger partial charge in [-0.3, -0.25) is 0 Å². The highest BCUT2D eigenvalue weighted by atomic mass is 35.5. The van der Waals surface area contributed by atoms with Gasteiger partial charge in [-0.15, -0.1) is 0 Å². The minimum absolute atomic E-state index is 0.323. The third-order valence-electron chi connectivity index (χ3n) is 8.06. The summed E-state index contributed by atoms with van der Waals surface area (Å²) in [6.07, 6.45) is 6.91. The Labute approximate surface area is 228 Å². The average molecular weight is 549 g/mol. The Morgan fingerprint density at radius 2 is 1.74 bits per heavy atom. The molecule has 0 fully saturated rings. The molecule has 38 heavy (non-hydrogen) atoms. The van der Waals surface area contributed by atoms with Crippen molar-refractivity contribution < 1.29 is 12.8 Å². The molecular weight excluding hydrogens is 519 g/mol. The van der Waals surface area contributed by atoms with E-state index in [-0.39, 0.29) is 5.82 Å². The van der Waals surface area contributed by atoms with E-state index >= 15 is 0 Å². The van der Waals surface area contributed by atoms with Crippen LogP contribution in [0.2, 0.25) is 5.02 Å². The third kappa shape index (κ3) is 4.39. The van der Waals surface area contributed by atoms with Gasteiger partial charge in [0.2, 0.25) is 10.0 Å². The Hall–Kier alpha value is -2.93. The van der Waals surface area contributed by atoms with Crippen LogP contribution in [0.4, 0.5) is 4.39 Å². The molecule has 4 nitrogen and oxygen atoms in total. The highest BCUT2D eigenvalue weighted by Gasteiger charge is 2.29. The summed E-state index contributed by atoms with van der Waals surface area (Å²) in [4.78, 5) is 0.393. The van der Waals surface area contributed by atoms with Gasteiger partial charge >= 0.3 is 0 Å². The molecule has 0 atom stereocenters. The van der Waals surface area contributed by atoms with Gasteiger partial charge in [0.15, 0.2) is 0 Å². The lowest BCUT2D eigenvalue weighted by atomic mass is 9.92. The zero-order valence-corrected chi connectivity index (χ0v) is 23.0. The molecule has 6 rings (SSSR count). The molecule has 0 saturated heterocycles. The minimum Gasteiger partial charge on any atom is -0.340 e. The van der Waals surface area contributed by atoms with Crippen LogP contribution in [0.25, 0.3) is 16.5 Å². The van der Waals surface area contributed by atoms with Gasteiger partial charge in [0.1, 0.15) is 5.82 Å². The molecule has 0 amide bonds. The molecule has 4 aromatic rings. The molecule has 196 valence electrons. The summed E-state index contributed by atoms with van der Waals surface area (Å²) in [6, 6.07) is 18.5. The van der Waals surface area contributed by atoms with Crippen LogP contribution in [0.15, 0.2) is 71.6 Å². The normalized spacial score (nSPS) is 16.4. The van der Waals surface area contributed by atoms with E-state index < -0.39 is 10.0 Å².